The number of ether oxygens (including phenoxy) is 1. The summed E-state index contributed by atoms with van der Waals surface area (Å²) in [6.07, 6.45) is 0.240. The molecule has 0 spiro atoms. The van der Waals surface area contributed by atoms with E-state index in [0.717, 1.165) is 56.3 Å². The fourth-order valence-corrected chi connectivity index (χ4v) is 5.40. The number of piperidine rings is 1. The number of rotatable bonds is 7. The van der Waals surface area contributed by atoms with E-state index < -0.39 is 17.8 Å². The van der Waals surface area contributed by atoms with Gasteiger partial charge in [0.25, 0.3) is 0 Å². The highest BCUT2D eigenvalue weighted by Crippen LogP contribution is 2.47. The molecule has 4 rings (SSSR count). The lowest BCUT2D eigenvalue weighted by atomic mass is 9.61. The van der Waals surface area contributed by atoms with Gasteiger partial charge in [-0.05, 0) is 81.1 Å². The molecule has 0 bridgehead atoms. The van der Waals surface area contributed by atoms with Crippen molar-refractivity contribution >= 4 is 11.6 Å². The first-order valence-corrected chi connectivity index (χ1v) is 12.0. The zero-order chi connectivity index (χ0) is 23.6. The van der Waals surface area contributed by atoms with Crippen molar-refractivity contribution in [2.75, 3.05) is 19.7 Å². The number of aliphatic hydroxyl groups is 1. The summed E-state index contributed by atoms with van der Waals surface area (Å²) in [5, 5.41) is 12.0. The van der Waals surface area contributed by atoms with Crippen LogP contribution in [0.3, 0.4) is 0 Å². The van der Waals surface area contributed by atoms with Crippen LogP contribution in [0, 0.1) is 5.92 Å². The van der Waals surface area contributed by atoms with Gasteiger partial charge in [0.2, 0.25) is 0 Å². The molecule has 180 valence electrons. The van der Waals surface area contributed by atoms with E-state index in [-0.39, 0.29) is 17.4 Å². The molecule has 0 radical (unpaired) electrons. The number of nitrogens with zero attached hydrogens (tertiary/aromatic N) is 1. The van der Waals surface area contributed by atoms with Crippen molar-refractivity contribution in [2.24, 2.45) is 5.92 Å². The minimum absolute atomic E-state index is 0.213. The van der Waals surface area contributed by atoms with Crippen LogP contribution in [-0.2, 0) is 11.6 Å². The molecule has 0 amide bonds. The van der Waals surface area contributed by atoms with Gasteiger partial charge >= 0.3 is 6.18 Å². The number of β-amino-alcohol motifs (C(OH)–C–C–N with tert-alkyl or cyclic N) is 1. The molecule has 2 fully saturated rings. The highest BCUT2D eigenvalue weighted by Gasteiger charge is 2.46. The molecular weight excluding hydrogens is 451 g/mol. The first kappa shape index (κ1) is 24.4. The molecule has 1 aliphatic heterocycles. The Bertz CT molecular complexity index is 913. The lowest BCUT2D eigenvalue weighted by Crippen LogP contribution is -2.55. The Morgan fingerprint density at radius 1 is 1.09 bits per heavy atom. The topological polar surface area (TPSA) is 32.7 Å². The number of hydrogen-bond acceptors (Lipinski definition) is 3. The summed E-state index contributed by atoms with van der Waals surface area (Å²) in [5.41, 5.74) is 0.262. The predicted octanol–water partition coefficient (Wildman–Crippen LogP) is 6.32. The Morgan fingerprint density at radius 2 is 1.76 bits per heavy atom. The molecular formula is C26H31ClF3NO2. The fourth-order valence-electron chi connectivity index (χ4n) is 5.27. The van der Waals surface area contributed by atoms with Crippen molar-refractivity contribution in [3.8, 4) is 5.75 Å². The highest BCUT2D eigenvalue weighted by molar-refractivity contribution is 6.30. The van der Waals surface area contributed by atoms with Crippen molar-refractivity contribution < 1.29 is 23.0 Å². The molecule has 0 aromatic heterocycles. The summed E-state index contributed by atoms with van der Waals surface area (Å²) in [6.45, 7) is 4.12. The Balaban J connectivity index is 1.36. The molecule has 3 nitrogen and oxygen atoms in total. The molecule has 7 heteroatoms. The van der Waals surface area contributed by atoms with E-state index >= 15 is 0 Å². The summed E-state index contributed by atoms with van der Waals surface area (Å²) in [6, 6.07) is 12.9. The fraction of sp³-hybridized carbons (Fsp3) is 0.538. The second-order valence-electron chi connectivity index (χ2n) is 9.50. The number of hydrogen-bond donors (Lipinski definition) is 1. The first-order chi connectivity index (χ1) is 15.7. The third kappa shape index (κ3) is 5.33. The minimum atomic E-state index is -4.35. The van der Waals surface area contributed by atoms with Crippen molar-refractivity contribution in [2.45, 2.75) is 62.8 Å². The molecule has 2 aliphatic rings. The smallest absolute Gasteiger partial charge is 0.416 e. The quantitative estimate of drug-likeness (QED) is 0.502. The standard InChI is InChI=1S/C26H31ClF3NO2/c1-18-19(17-33-23-11-7-21(8-12-23)26(28,29)30)4-2-15-31(18)16-24(32)25(13-3-14-25)20-5-9-22(27)10-6-20/h5-12,18-19,24,32H,2-4,13-17H2,1H3/t18-,19+,24?/m1/s1. The zero-order valence-corrected chi connectivity index (χ0v) is 19.6. The largest absolute Gasteiger partial charge is 0.493 e. The average Bonchev–Trinajstić information content (AvgIpc) is 2.74. The molecule has 1 saturated heterocycles. The van der Waals surface area contributed by atoms with E-state index in [1.165, 1.54) is 12.1 Å². The van der Waals surface area contributed by atoms with Crippen molar-refractivity contribution in [3.63, 3.8) is 0 Å². The van der Waals surface area contributed by atoms with E-state index in [4.69, 9.17) is 16.3 Å². The number of alkyl halides is 3. The lowest BCUT2D eigenvalue weighted by molar-refractivity contribution is -0.137. The van der Waals surface area contributed by atoms with Crippen molar-refractivity contribution in [1.29, 1.82) is 0 Å². The normalized spacial score (nSPS) is 24.2. The molecule has 1 heterocycles. The van der Waals surface area contributed by atoms with Crippen LogP contribution < -0.4 is 4.74 Å². The molecule has 1 unspecified atom stereocenters. The van der Waals surface area contributed by atoms with E-state index in [1.807, 2.05) is 24.3 Å². The van der Waals surface area contributed by atoms with E-state index in [0.29, 0.717) is 23.9 Å². The summed E-state index contributed by atoms with van der Waals surface area (Å²) >= 11 is 6.06. The summed E-state index contributed by atoms with van der Waals surface area (Å²) in [5.74, 6) is 0.699. The van der Waals surface area contributed by atoms with Crippen LogP contribution in [0.25, 0.3) is 0 Å². The third-order valence-corrected chi connectivity index (χ3v) is 7.89. The summed E-state index contributed by atoms with van der Waals surface area (Å²) in [4.78, 5) is 2.34. The number of halogens is 4. The molecule has 1 saturated carbocycles. The summed E-state index contributed by atoms with van der Waals surface area (Å²) < 4.78 is 44.1. The minimum Gasteiger partial charge on any atom is -0.493 e. The second-order valence-corrected chi connectivity index (χ2v) is 9.94. The maximum atomic E-state index is 12.8. The SMILES string of the molecule is C[C@@H]1[C@H](COc2ccc(C(F)(F)F)cc2)CCCN1CC(O)C1(c2ccc(Cl)cc2)CCC1. The van der Waals surface area contributed by atoms with Crippen molar-refractivity contribution in [3.05, 3.63) is 64.7 Å². The third-order valence-electron chi connectivity index (χ3n) is 7.63. The van der Waals surface area contributed by atoms with Crippen LogP contribution in [0.2, 0.25) is 5.02 Å². The van der Waals surface area contributed by atoms with Gasteiger partial charge in [-0.3, -0.25) is 4.90 Å². The van der Waals surface area contributed by atoms with Gasteiger partial charge in [-0.15, -0.1) is 0 Å². The van der Waals surface area contributed by atoms with Gasteiger partial charge in [0, 0.05) is 28.9 Å². The van der Waals surface area contributed by atoms with Gasteiger partial charge in [-0.2, -0.15) is 13.2 Å². The predicted molar refractivity (Wildman–Crippen MR) is 124 cm³/mol. The van der Waals surface area contributed by atoms with Gasteiger partial charge in [-0.1, -0.05) is 30.2 Å². The van der Waals surface area contributed by atoms with E-state index in [2.05, 4.69) is 11.8 Å². The highest BCUT2D eigenvalue weighted by atomic mass is 35.5. The second kappa shape index (κ2) is 9.85. The van der Waals surface area contributed by atoms with Gasteiger partial charge in [0.05, 0.1) is 18.3 Å². The zero-order valence-electron chi connectivity index (χ0n) is 18.8. The van der Waals surface area contributed by atoms with Gasteiger partial charge in [0.15, 0.2) is 0 Å². The summed E-state index contributed by atoms with van der Waals surface area (Å²) in [7, 11) is 0. The maximum absolute atomic E-state index is 12.8. The van der Waals surface area contributed by atoms with Gasteiger partial charge in [0.1, 0.15) is 5.75 Å². The van der Waals surface area contributed by atoms with E-state index in [9.17, 15) is 18.3 Å². The van der Waals surface area contributed by atoms with Crippen LogP contribution in [0.4, 0.5) is 13.2 Å². The Kier molecular flexibility index (Phi) is 7.27. The number of aliphatic hydroxyl groups excluding tert-OH is 1. The molecule has 1 N–H and O–H groups in total. The number of likely N-dealkylation sites (tertiary alicyclic amines) is 1. The maximum Gasteiger partial charge on any atom is 0.416 e. The van der Waals surface area contributed by atoms with E-state index in [1.54, 1.807) is 0 Å². The Morgan fingerprint density at radius 3 is 2.33 bits per heavy atom. The van der Waals surface area contributed by atoms with Crippen LogP contribution >= 0.6 is 11.6 Å². The first-order valence-electron chi connectivity index (χ1n) is 11.7. The number of benzene rings is 2. The molecule has 2 aromatic rings. The molecule has 1 aliphatic carbocycles. The molecule has 2 aromatic carbocycles. The van der Waals surface area contributed by atoms with Crippen LogP contribution in [0.5, 0.6) is 5.75 Å². The monoisotopic (exact) mass is 481 g/mol. The average molecular weight is 482 g/mol. The van der Waals surface area contributed by atoms with Crippen LogP contribution in [-0.4, -0.2) is 41.8 Å². The van der Waals surface area contributed by atoms with Crippen LogP contribution in [0.15, 0.2) is 48.5 Å². The Labute approximate surface area is 198 Å². The molecule has 33 heavy (non-hydrogen) atoms. The van der Waals surface area contributed by atoms with Gasteiger partial charge in [-0.25, -0.2) is 0 Å². The van der Waals surface area contributed by atoms with Gasteiger partial charge < -0.3 is 9.84 Å². The van der Waals surface area contributed by atoms with Crippen molar-refractivity contribution in [1.82, 2.24) is 4.90 Å². The molecule has 3 atom stereocenters. The van der Waals surface area contributed by atoms with Crippen LogP contribution in [0.1, 0.15) is 50.2 Å². The lowest BCUT2D eigenvalue weighted by Gasteiger charge is -2.49. The Hall–Kier alpha value is -1.76.